The summed E-state index contributed by atoms with van der Waals surface area (Å²) in [4.78, 5) is 18.8. The Morgan fingerprint density at radius 2 is 2.00 bits per heavy atom. The van der Waals surface area contributed by atoms with E-state index in [1.807, 2.05) is 4.90 Å². The molecule has 5 nitrogen and oxygen atoms in total. The molecule has 5 rings (SSSR count). The van der Waals surface area contributed by atoms with Crippen LogP contribution in [-0.2, 0) is 17.6 Å². The predicted molar refractivity (Wildman–Crippen MR) is 84.5 cm³/mol. The van der Waals surface area contributed by atoms with Crippen LogP contribution in [0, 0.1) is 0 Å². The second-order valence-electron chi connectivity index (χ2n) is 6.98. The van der Waals surface area contributed by atoms with Crippen LogP contribution in [-0.4, -0.2) is 22.6 Å². The Morgan fingerprint density at radius 1 is 1.13 bits per heavy atom. The van der Waals surface area contributed by atoms with E-state index in [0.29, 0.717) is 24.8 Å². The first-order valence-electron chi connectivity index (χ1n) is 8.53. The molecule has 1 unspecified atom stereocenters. The highest BCUT2D eigenvalue weighted by molar-refractivity contribution is 5.96. The second-order valence-corrected chi connectivity index (χ2v) is 6.98. The van der Waals surface area contributed by atoms with Crippen molar-refractivity contribution in [1.82, 2.24) is 10.1 Å². The minimum atomic E-state index is 0.0238. The van der Waals surface area contributed by atoms with Crippen LogP contribution in [0.15, 0.2) is 22.7 Å². The molecule has 1 saturated heterocycles. The number of fused-ring (bicyclic) bond motifs is 1. The van der Waals surface area contributed by atoms with Crippen molar-refractivity contribution in [2.45, 2.75) is 50.4 Å². The molecule has 0 N–H and O–H groups in total. The van der Waals surface area contributed by atoms with E-state index in [2.05, 4.69) is 28.3 Å². The van der Waals surface area contributed by atoms with E-state index in [-0.39, 0.29) is 11.8 Å². The fourth-order valence-electron chi connectivity index (χ4n) is 3.77. The smallest absolute Gasteiger partial charge is 0.232 e. The summed E-state index contributed by atoms with van der Waals surface area (Å²) in [6.45, 7) is 0.643. The molecular formula is C18H19N3O2. The molecule has 2 fully saturated rings. The third-order valence-electron chi connectivity index (χ3n) is 5.27. The zero-order valence-corrected chi connectivity index (χ0v) is 13.0. The molecule has 3 aliphatic rings. The molecule has 1 saturated carbocycles. The van der Waals surface area contributed by atoms with Crippen LogP contribution in [0.1, 0.15) is 60.4 Å². The molecule has 5 heteroatoms. The zero-order chi connectivity index (χ0) is 15.4. The SMILES string of the molecule is O=C1CC(c2nc(C3CC3)no2)CN1c1ccc2c(c1)CCC2. The molecule has 118 valence electrons. The Labute approximate surface area is 134 Å². The molecule has 0 bridgehead atoms. The number of hydrogen-bond donors (Lipinski definition) is 0. The van der Waals surface area contributed by atoms with E-state index in [0.717, 1.165) is 37.2 Å². The fourth-order valence-corrected chi connectivity index (χ4v) is 3.77. The first-order valence-corrected chi connectivity index (χ1v) is 8.53. The van der Waals surface area contributed by atoms with E-state index < -0.39 is 0 Å². The lowest BCUT2D eigenvalue weighted by Crippen LogP contribution is -2.24. The highest BCUT2D eigenvalue weighted by Gasteiger charge is 2.37. The van der Waals surface area contributed by atoms with Crippen molar-refractivity contribution in [3.63, 3.8) is 0 Å². The summed E-state index contributed by atoms with van der Waals surface area (Å²) in [5, 5.41) is 4.08. The quantitative estimate of drug-likeness (QED) is 0.874. The van der Waals surface area contributed by atoms with Gasteiger partial charge in [0.05, 0.1) is 5.92 Å². The van der Waals surface area contributed by atoms with Gasteiger partial charge in [0.15, 0.2) is 5.82 Å². The van der Waals surface area contributed by atoms with Crippen LogP contribution >= 0.6 is 0 Å². The van der Waals surface area contributed by atoms with E-state index in [1.165, 1.54) is 17.5 Å². The number of aromatic nitrogens is 2. The number of nitrogens with zero attached hydrogens (tertiary/aromatic N) is 3. The van der Waals surface area contributed by atoms with Gasteiger partial charge in [-0.3, -0.25) is 4.79 Å². The van der Waals surface area contributed by atoms with Crippen LogP contribution in [0.25, 0.3) is 0 Å². The van der Waals surface area contributed by atoms with Gasteiger partial charge in [-0.05, 0) is 55.4 Å². The molecule has 1 aliphatic heterocycles. The summed E-state index contributed by atoms with van der Waals surface area (Å²) < 4.78 is 5.42. The predicted octanol–water partition coefficient (Wildman–Crippen LogP) is 2.96. The van der Waals surface area contributed by atoms with Crippen molar-refractivity contribution in [1.29, 1.82) is 0 Å². The summed E-state index contributed by atoms with van der Waals surface area (Å²) in [6.07, 6.45) is 6.29. The van der Waals surface area contributed by atoms with Crippen molar-refractivity contribution in [2.24, 2.45) is 0 Å². The van der Waals surface area contributed by atoms with Gasteiger partial charge in [-0.1, -0.05) is 11.2 Å². The molecule has 0 spiro atoms. The number of carbonyl (C=O) groups excluding carboxylic acids is 1. The summed E-state index contributed by atoms with van der Waals surface area (Å²) >= 11 is 0. The van der Waals surface area contributed by atoms with Gasteiger partial charge in [-0.2, -0.15) is 4.98 Å². The summed E-state index contributed by atoms with van der Waals surface area (Å²) in [5.74, 6) is 2.11. The topological polar surface area (TPSA) is 59.2 Å². The number of hydrogen-bond acceptors (Lipinski definition) is 4. The zero-order valence-electron chi connectivity index (χ0n) is 13.0. The van der Waals surface area contributed by atoms with E-state index in [1.54, 1.807) is 0 Å². The van der Waals surface area contributed by atoms with Gasteiger partial charge in [-0.15, -0.1) is 0 Å². The van der Waals surface area contributed by atoms with Gasteiger partial charge >= 0.3 is 0 Å². The van der Waals surface area contributed by atoms with Crippen LogP contribution in [0.4, 0.5) is 5.69 Å². The maximum atomic E-state index is 12.4. The van der Waals surface area contributed by atoms with Crippen LogP contribution in [0.5, 0.6) is 0 Å². The minimum absolute atomic E-state index is 0.0238. The van der Waals surface area contributed by atoms with Crippen LogP contribution in [0.2, 0.25) is 0 Å². The molecule has 0 radical (unpaired) electrons. The Hall–Kier alpha value is -2.17. The molecule has 1 atom stereocenters. The van der Waals surface area contributed by atoms with Crippen molar-refractivity contribution in [2.75, 3.05) is 11.4 Å². The maximum absolute atomic E-state index is 12.4. The first-order chi connectivity index (χ1) is 11.3. The summed E-state index contributed by atoms with van der Waals surface area (Å²) in [5.41, 5.74) is 3.84. The number of aryl methyl sites for hydroxylation is 2. The monoisotopic (exact) mass is 309 g/mol. The lowest BCUT2D eigenvalue weighted by Gasteiger charge is -2.17. The molecular weight excluding hydrogens is 290 g/mol. The Kier molecular flexibility index (Phi) is 2.84. The maximum Gasteiger partial charge on any atom is 0.232 e. The normalized spacial score (nSPS) is 23.6. The highest BCUT2D eigenvalue weighted by atomic mass is 16.5. The highest BCUT2D eigenvalue weighted by Crippen LogP contribution is 2.39. The van der Waals surface area contributed by atoms with Crippen molar-refractivity contribution < 1.29 is 9.32 Å². The van der Waals surface area contributed by atoms with Gasteiger partial charge in [-0.25, -0.2) is 0 Å². The molecule has 23 heavy (non-hydrogen) atoms. The van der Waals surface area contributed by atoms with E-state index in [9.17, 15) is 4.79 Å². The minimum Gasteiger partial charge on any atom is -0.339 e. The van der Waals surface area contributed by atoms with Crippen molar-refractivity contribution in [3.8, 4) is 0 Å². The van der Waals surface area contributed by atoms with Gasteiger partial charge in [0.1, 0.15) is 0 Å². The van der Waals surface area contributed by atoms with E-state index in [4.69, 9.17) is 4.52 Å². The van der Waals surface area contributed by atoms with Crippen LogP contribution in [0.3, 0.4) is 0 Å². The van der Waals surface area contributed by atoms with Crippen molar-refractivity contribution in [3.05, 3.63) is 41.0 Å². The third kappa shape index (κ3) is 2.26. The molecule has 1 amide bonds. The van der Waals surface area contributed by atoms with E-state index >= 15 is 0 Å². The van der Waals surface area contributed by atoms with Crippen LogP contribution < -0.4 is 4.90 Å². The molecule has 2 aliphatic carbocycles. The third-order valence-corrected chi connectivity index (χ3v) is 5.27. The summed E-state index contributed by atoms with van der Waals surface area (Å²) in [6, 6.07) is 6.44. The van der Waals surface area contributed by atoms with Gasteiger partial charge in [0.25, 0.3) is 0 Å². The Morgan fingerprint density at radius 3 is 2.87 bits per heavy atom. The lowest BCUT2D eigenvalue weighted by atomic mass is 10.1. The molecule has 1 aromatic carbocycles. The average Bonchev–Trinajstić information content (AvgIpc) is 3.00. The lowest BCUT2D eigenvalue weighted by molar-refractivity contribution is -0.117. The standard InChI is InChI=1S/C18H19N3O2/c22-16-9-14(18-19-17(20-23-18)12-4-5-12)10-21(16)15-7-6-11-2-1-3-13(11)8-15/h6-8,12,14H,1-5,9-10H2. The second kappa shape index (κ2) is 4.91. The number of benzene rings is 1. The van der Waals surface area contributed by atoms with Gasteiger partial charge in [0.2, 0.25) is 11.8 Å². The Balaban J connectivity index is 1.38. The number of amides is 1. The fraction of sp³-hybridized carbons (Fsp3) is 0.500. The number of carbonyl (C=O) groups is 1. The van der Waals surface area contributed by atoms with Crippen molar-refractivity contribution >= 4 is 11.6 Å². The largest absolute Gasteiger partial charge is 0.339 e. The number of anilines is 1. The molecule has 2 heterocycles. The summed E-state index contributed by atoms with van der Waals surface area (Å²) in [7, 11) is 0. The van der Waals surface area contributed by atoms with Gasteiger partial charge in [0, 0.05) is 24.6 Å². The molecule has 1 aromatic heterocycles. The van der Waals surface area contributed by atoms with Gasteiger partial charge < -0.3 is 9.42 Å². The molecule has 2 aromatic rings. The first kappa shape index (κ1) is 13.3. The Bertz CT molecular complexity index is 778. The average molecular weight is 309 g/mol. The number of rotatable bonds is 3.